The van der Waals surface area contributed by atoms with Gasteiger partial charge in [0.1, 0.15) is 31.2 Å². The number of aromatic nitrogens is 2. The molecule has 2 aromatic rings. The minimum atomic E-state index is 0.225. The van der Waals surface area contributed by atoms with Crippen molar-refractivity contribution in [2.24, 2.45) is 0 Å². The fourth-order valence-electron chi connectivity index (χ4n) is 2.59. The Labute approximate surface area is 140 Å². The molecule has 0 radical (unpaired) electrons. The summed E-state index contributed by atoms with van der Waals surface area (Å²) in [6.45, 7) is 6.81. The van der Waals surface area contributed by atoms with Crippen LogP contribution in [0.15, 0.2) is 24.5 Å². The highest BCUT2D eigenvalue weighted by Crippen LogP contribution is 2.29. The smallest absolute Gasteiger partial charge is 0.159 e. The molecule has 1 aromatic carbocycles. The Balaban J connectivity index is 1.49. The predicted octanol–water partition coefficient (Wildman–Crippen LogP) is 2.32. The second-order valence-corrected chi connectivity index (χ2v) is 6.21. The lowest BCUT2D eigenvalue weighted by molar-refractivity contribution is 0.261. The molecule has 0 amide bonds. The van der Waals surface area contributed by atoms with E-state index in [0.29, 0.717) is 24.8 Å². The lowest BCUT2D eigenvalue weighted by Crippen LogP contribution is -2.06. The van der Waals surface area contributed by atoms with E-state index in [0.717, 1.165) is 35.7 Å². The molecule has 2 fully saturated rings. The molecule has 2 aliphatic heterocycles. The summed E-state index contributed by atoms with van der Waals surface area (Å²) < 4.78 is 21.6. The van der Waals surface area contributed by atoms with Crippen molar-refractivity contribution in [1.29, 1.82) is 0 Å². The van der Waals surface area contributed by atoms with Gasteiger partial charge in [0.2, 0.25) is 0 Å². The molecule has 24 heavy (non-hydrogen) atoms. The minimum absolute atomic E-state index is 0.225. The first-order valence-corrected chi connectivity index (χ1v) is 8.11. The highest BCUT2D eigenvalue weighted by molar-refractivity contribution is 5.66. The van der Waals surface area contributed by atoms with Crippen LogP contribution in [0.2, 0.25) is 0 Å². The van der Waals surface area contributed by atoms with Gasteiger partial charge in [0, 0.05) is 5.56 Å². The summed E-state index contributed by atoms with van der Waals surface area (Å²) in [6.07, 6.45) is 3.89. The molecular weight excluding hydrogens is 308 g/mol. The summed E-state index contributed by atoms with van der Waals surface area (Å²) in [5, 5.41) is 0. The molecular formula is C18H20N2O4. The number of epoxide rings is 2. The zero-order valence-electron chi connectivity index (χ0n) is 13.8. The highest BCUT2D eigenvalue weighted by atomic mass is 16.6. The van der Waals surface area contributed by atoms with Crippen LogP contribution in [0.3, 0.4) is 0 Å². The van der Waals surface area contributed by atoms with Crippen molar-refractivity contribution in [3.05, 3.63) is 35.7 Å². The summed E-state index contributed by atoms with van der Waals surface area (Å²) in [6, 6.07) is 4.03. The SMILES string of the molecule is Cc1cc(OCC2CO2)cc(C)c1-c1ncc(OCC2CO2)cn1. The zero-order valence-corrected chi connectivity index (χ0v) is 13.8. The second-order valence-electron chi connectivity index (χ2n) is 6.21. The zero-order chi connectivity index (χ0) is 16.5. The van der Waals surface area contributed by atoms with Crippen LogP contribution in [0.5, 0.6) is 11.5 Å². The Kier molecular flexibility index (Phi) is 4.08. The number of ether oxygens (including phenoxy) is 4. The van der Waals surface area contributed by atoms with Crippen LogP contribution in [0.1, 0.15) is 11.1 Å². The van der Waals surface area contributed by atoms with Crippen molar-refractivity contribution in [3.8, 4) is 22.9 Å². The summed E-state index contributed by atoms with van der Waals surface area (Å²) in [5.41, 5.74) is 3.20. The largest absolute Gasteiger partial charge is 0.491 e. The van der Waals surface area contributed by atoms with Crippen LogP contribution >= 0.6 is 0 Å². The van der Waals surface area contributed by atoms with Crippen LogP contribution < -0.4 is 9.47 Å². The van der Waals surface area contributed by atoms with Crippen LogP contribution in [-0.4, -0.2) is 48.6 Å². The lowest BCUT2D eigenvalue weighted by Gasteiger charge is -2.12. The van der Waals surface area contributed by atoms with Gasteiger partial charge < -0.3 is 18.9 Å². The number of aryl methyl sites for hydroxylation is 2. The van der Waals surface area contributed by atoms with E-state index in [9.17, 15) is 0 Å². The summed E-state index contributed by atoms with van der Waals surface area (Å²) in [4.78, 5) is 8.89. The molecule has 2 aliphatic rings. The first kappa shape index (κ1) is 15.4. The van der Waals surface area contributed by atoms with Crippen LogP contribution in [0, 0.1) is 13.8 Å². The normalized spacial score (nSPS) is 21.4. The van der Waals surface area contributed by atoms with Crippen LogP contribution in [0.4, 0.5) is 0 Å². The summed E-state index contributed by atoms with van der Waals surface area (Å²) in [7, 11) is 0. The molecule has 0 bridgehead atoms. The fraction of sp³-hybridized carbons (Fsp3) is 0.444. The molecule has 126 valence electrons. The number of hydrogen-bond donors (Lipinski definition) is 0. The van der Waals surface area contributed by atoms with Gasteiger partial charge in [-0.25, -0.2) is 9.97 Å². The first-order chi connectivity index (χ1) is 11.7. The molecule has 6 nitrogen and oxygen atoms in total. The summed E-state index contributed by atoms with van der Waals surface area (Å²) >= 11 is 0. The van der Waals surface area contributed by atoms with E-state index in [2.05, 4.69) is 9.97 Å². The van der Waals surface area contributed by atoms with Crippen LogP contribution in [0.25, 0.3) is 11.4 Å². The topological polar surface area (TPSA) is 69.3 Å². The Bertz CT molecular complexity index is 701. The van der Waals surface area contributed by atoms with Gasteiger partial charge in [0.05, 0.1) is 25.6 Å². The number of benzene rings is 1. The molecule has 1 aromatic heterocycles. The number of rotatable bonds is 7. The van der Waals surface area contributed by atoms with Crippen molar-refractivity contribution in [3.63, 3.8) is 0 Å². The van der Waals surface area contributed by atoms with Crippen LogP contribution in [-0.2, 0) is 9.47 Å². The van der Waals surface area contributed by atoms with Gasteiger partial charge in [-0.2, -0.15) is 0 Å². The van der Waals surface area contributed by atoms with Crippen molar-refractivity contribution < 1.29 is 18.9 Å². The molecule has 0 saturated carbocycles. The Morgan fingerprint density at radius 3 is 1.92 bits per heavy atom. The highest BCUT2D eigenvalue weighted by Gasteiger charge is 2.24. The maximum atomic E-state index is 5.76. The monoisotopic (exact) mass is 328 g/mol. The molecule has 2 unspecified atom stereocenters. The van der Waals surface area contributed by atoms with E-state index < -0.39 is 0 Å². The molecule has 4 rings (SSSR count). The molecule has 0 N–H and O–H groups in total. The van der Waals surface area contributed by atoms with Crippen molar-refractivity contribution in [2.75, 3.05) is 26.4 Å². The quantitative estimate of drug-likeness (QED) is 0.727. The lowest BCUT2D eigenvalue weighted by atomic mass is 10.0. The Morgan fingerprint density at radius 1 is 0.917 bits per heavy atom. The number of hydrogen-bond acceptors (Lipinski definition) is 6. The second kappa shape index (κ2) is 6.37. The third kappa shape index (κ3) is 3.66. The van der Waals surface area contributed by atoms with Gasteiger partial charge in [0.25, 0.3) is 0 Å². The Morgan fingerprint density at radius 2 is 1.42 bits per heavy atom. The van der Waals surface area contributed by atoms with Crippen molar-refractivity contribution in [1.82, 2.24) is 9.97 Å². The van der Waals surface area contributed by atoms with Gasteiger partial charge in [-0.05, 0) is 37.1 Å². The van der Waals surface area contributed by atoms with Gasteiger partial charge >= 0.3 is 0 Å². The van der Waals surface area contributed by atoms with E-state index in [1.54, 1.807) is 12.4 Å². The third-order valence-corrected chi connectivity index (χ3v) is 4.03. The molecule has 0 aliphatic carbocycles. The minimum Gasteiger partial charge on any atom is -0.491 e. The maximum Gasteiger partial charge on any atom is 0.159 e. The first-order valence-electron chi connectivity index (χ1n) is 8.11. The van der Waals surface area contributed by atoms with Gasteiger partial charge in [-0.1, -0.05) is 0 Å². The van der Waals surface area contributed by atoms with E-state index in [1.807, 2.05) is 26.0 Å². The van der Waals surface area contributed by atoms with Gasteiger partial charge in [-0.15, -0.1) is 0 Å². The molecule has 2 atom stereocenters. The van der Waals surface area contributed by atoms with Crippen molar-refractivity contribution in [2.45, 2.75) is 26.1 Å². The molecule has 6 heteroatoms. The average molecular weight is 328 g/mol. The van der Waals surface area contributed by atoms with Gasteiger partial charge in [0.15, 0.2) is 11.6 Å². The predicted molar refractivity (Wildman–Crippen MR) is 87.4 cm³/mol. The molecule has 2 saturated heterocycles. The van der Waals surface area contributed by atoms with E-state index in [-0.39, 0.29) is 12.2 Å². The fourth-order valence-corrected chi connectivity index (χ4v) is 2.59. The van der Waals surface area contributed by atoms with E-state index >= 15 is 0 Å². The van der Waals surface area contributed by atoms with Gasteiger partial charge in [-0.3, -0.25) is 0 Å². The van der Waals surface area contributed by atoms with E-state index in [1.165, 1.54) is 0 Å². The molecule has 3 heterocycles. The van der Waals surface area contributed by atoms with Crippen molar-refractivity contribution >= 4 is 0 Å². The van der Waals surface area contributed by atoms with E-state index in [4.69, 9.17) is 18.9 Å². The third-order valence-electron chi connectivity index (χ3n) is 4.03. The average Bonchev–Trinajstić information content (AvgIpc) is 3.46. The Hall–Kier alpha value is -2.18. The number of nitrogens with zero attached hydrogens (tertiary/aromatic N) is 2. The molecule has 0 spiro atoms. The summed E-state index contributed by atoms with van der Waals surface area (Å²) in [5.74, 6) is 2.21. The standard InChI is InChI=1S/C18H20N2O4/c1-11-3-13(21-7-15-9-23-15)4-12(2)17(11)18-19-5-14(6-20-18)22-8-16-10-24-16/h3-6,15-16H,7-10H2,1-2H3. The maximum absolute atomic E-state index is 5.76.